The number of ether oxygens (including phenoxy) is 1. The van der Waals surface area contributed by atoms with Gasteiger partial charge < -0.3 is 15.6 Å². The molecule has 0 heterocycles. The van der Waals surface area contributed by atoms with Crippen molar-refractivity contribution >= 4 is 31.6 Å². The number of nitrogens with one attached hydrogen (secondary N) is 1. The van der Waals surface area contributed by atoms with Crippen LogP contribution in [-0.4, -0.2) is 39.9 Å². The topological polar surface area (TPSA) is 102 Å². The summed E-state index contributed by atoms with van der Waals surface area (Å²) in [5.41, 5.74) is 5.94. The van der Waals surface area contributed by atoms with Gasteiger partial charge in [-0.1, -0.05) is 0 Å². The second-order valence-corrected chi connectivity index (χ2v) is 6.27. The highest BCUT2D eigenvalue weighted by atomic mass is 79.9. The van der Waals surface area contributed by atoms with Crippen LogP contribution in [0.5, 0.6) is 0 Å². The fourth-order valence-electron chi connectivity index (χ4n) is 1.23. The number of aliphatic hydroxyl groups excluding tert-OH is 1. The van der Waals surface area contributed by atoms with Crippen LogP contribution < -0.4 is 10.5 Å². The van der Waals surface area contributed by atoms with Gasteiger partial charge in [0.2, 0.25) is 10.0 Å². The van der Waals surface area contributed by atoms with E-state index in [9.17, 15) is 13.5 Å². The zero-order chi connectivity index (χ0) is 13.8. The van der Waals surface area contributed by atoms with E-state index < -0.39 is 16.1 Å². The van der Waals surface area contributed by atoms with E-state index in [4.69, 9.17) is 10.5 Å². The number of nitrogen functional groups attached to an aromatic ring is 1. The molecule has 0 saturated heterocycles. The van der Waals surface area contributed by atoms with Crippen molar-refractivity contribution in [1.29, 1.82) is 0 Å². The summed E-state index contributed by atoms with van der Waals surface area (Å²) < 4.78 is 31.3. The van der Waals surface area contributed by atoms with E-state index in [0.717, 1.165) is 0 Å². The number of anilines is 1. The van der Waals surface area contributed by atoms with Crippen LogP contribution in [0.1, 0.15) is 0 Å². The number of methoxy groups -OCH3 is 1. The Morgan fingerprint density at radius 3 is 2.78 bits per heavy atom. The molecule has 0 aromatic heterocycles. The van der Waals surface area contributed by atoms with E-state index in [1.807, 2.05) is 0 Å². The first-order valence-corrected chi connectivity index (χ1v) is 7.36. The molecular weight excluding hydrogens is 324 g/mol. The average molecular weight is 339 g/mol. The summed E-state index contributed by atoms with van der Waals surface area (Å²) in [7, 11) is -2.26. The number of rotatable bonds is 6. The number of benzene rings is 1. The molecule has 0 fully saturated rings. The molecule has 6 nitrogen and oxygen atoms in total. The minimum absolute atomic E-state index is 0.0489. The van der Waals surface area contributed by atoms with Crippen LogP contribution in [0.4, 0.5) is 5.69 Å². The maximum atomic E-state index is 11.9. The first kappa shape index (κ1) is 15.4. The zero-order valence-electron chi connectivity index (χ0n) is 9.76. The third kappa shape index (κ3) is 4.21. The van der Waals surface area contributed by atoms with Crippen LogP contribution in [0.3, 0.4) is 0 Å². The number of halogens is 1. The summed E-state index contributed by atoms with van der Waals surface area (Å²) >= 11 is 3.18. The van der Waals surface area contributed by atoms with Crippen LogP contribution in [0.2, 0.25) is 0 Å². The van der Waals surface area contributed by atoms with E-state index in [0.29, 0.717) is 10.2 Å². The lowest BCUT2D eigenvalue weighted by Crippen LogP contribution is -2.34. The molecule has 1 aromatic rings. The molecule has 102 valence electrons. The van der Waals surface area contributed by atoms with Gasteiger partial charge in [0.05, 0.1) is 17.6 Å². The predicted molar refractivity (Wildman–Crippen MR) is 71.6 cm³/mol. The number of nitrogens with two attached hydrogens (primary N) is 1. The van der Waals surface area contributed by atoms with Gasteiger partial charge in [-0.25, -0.2) is 13.1 Å². The largest absolute Gasteiger partial charge is 0.398 e. The number of hydrogen-bond donors (Lipinski definition) is 3. The van der Waals surface area contributed by atoms with Crippen molar-refractivity contribution in [2.75, 3.05) is 26.0 Å². The Morgan fingerprint density at radius 2 is 2.22 bits per heavy atom. The monoisotopic (exact) mass is 338 g/mol. The Morgan fingerprint density at radius 1 is 1.56 bits per heavy atom. The lowest BCUT2D eigenvalue weighted by molar-refractivity contribution is 0.0679. The lowest BCUT2D eigenvalue weighted by atomic mass is 10.3. The predicted octanol–water partition coefficient (Wildman–Crippen LogP) is 0.317. The van der Waals surface area contributed by atoms with Crippen LogP contribution in [0.25, 0.3) is 0 Å². The maximum Gasteiger partial charge on any atom is 0.240 e. The fourth-order valence-corrected chi connectivity index (χ4v) is 2.58. The molecular formula is C10H15BrN2O4S. The van der Waals surface area contributed by atoms with Crippen molar-refractivity contribution in [1.82, 2.24) is 4.72 Å². The first-order chi connectivity index (χ1) is 8.36. The van der Waals surface area contributed by atoms with Gasteiger partial charge in [-0.15, -0.1) is 0 Å². The number of hydrogen-bond acceptors (Lipinski definition) is 5. The van der Waals surface area contributed by atoms with Crippen molar-refractivity contribution < 1.29 is 18.3 Å². The second-order valence-electron chi connectivity index (χ2n) is 3.64. The van der Waals surface area contributed by atoms with E-state index in [1.165, 1.54) is 19.2 Å². The van der Waals surface area contributed by atoms with Crippen LogP contribution in [0.15, 0.2) is 27.6 Å². The maximum absolute atomic E-state index is 11.9. The van der Waals surface area contributed by atoms with Gasteiger partial charge in [0.1, 0.15) is 0 Å². The minimum atomic E-state index is -3.68. The standard InChI is InChI=1S/C10H15BrN2O4S/c1-17-6-7(14)5-13-18(15,16)8-2-3-9(11)10(12)4-8/h2-4,7,13-14H,5-6,12H2,1H3. The summed E-state index contributed by atoms with van der Waals surface area (Å²) in [6.45, 7) is -0.0584. The van der Waals surface area contributed by atoms with Gasteiger partial charge in [-0.3, -0.25) is 0 Å². The van der Waals surface area contributed by atoms with Crippen LogP contribution >= 0.6 is 15.9 Å². The molecule has 1 rings (SSSR count). The average Bonchev–Trinajstić information content (AvgIpc) is 2.30. The van der Waals surface area contributed by atoms with Gasteiger partial charge in [-0.05, 0) is 34.1 Å². The van der Waals surface area contributed by atoms with Gasteiger partial charge >= 0.3 is 0 Å². The highest BCUT2D eigenvalue weighted by molar-refractivity contribution is 9.10. The molecule has 0 saturated carbocycles. The van der Waals surface area contributed by atoms with Crippen LogP contribution in [-0.2, 0) is 14.8 Å². The molecule has 0 aliphatic carbocycles. The molecule has 0 bridgehead atoms. The Labute approximate surface area is 114 Å². The Balaban J connectivity index is 2.77. The second kappa shape index (κ2) is 6.48. The Hall–Kier alpha value is -0.670. The summed E-state index contributed by atoms with van der Waals surface area (Å²) in [5, 5.41) is 9.37. The van der Waals surface area contributed by atoms with Crippen molar-refractivity contribution in [3.05, 3.63) is 22.7 Å². The summed E-state index contributed by atoms with van der Waals surface area (Å²) in [4.78, 5) is 0.0489. The fraction of sp³-hybridized carbons (Fsp3) is 0.400. The molecule has 4 N–H and O–H groups in total. The summed E-state index contributed by atoms with van der Waals surface area (Å²) in [5.74, 6) is 0. The molecule has 18 heavy (non-hydrogen) atoms. The molecule has 0 aliphatic heterocycles. The highest BCUT2D eigenvalue weighted by Gasteiger charge is 2.16. The molecule has 0 spiro atoms. The molecule has 1 aromatic carbocycles. The summed E-state index contributed by atoms with van der Waals surface area (Å²) in [6, 6.07) is 4.32. The third-order valence-corrected chi connectivity index (χ3v) is 4.29. The van der Waals surface area contributed by atoms with Gasteiger partial charge in [0, 0.05) is 23.8 Å². The lowest BCUT2D eigenvalue weighted by Gasteiger charge is -2.11. The molecule has 1 atom stereocenters. The van der Waals surface area contributed by atoms with Gasteiger partial charge in [0.25, 0.3) is 0 Å². The number of sulfonamides is 1. The number of aliphatic hydroxyl groups is 1. The van der Waals surface area contributed by atoms with E-state index in [-0.39, 0.29) is 18.0 Å². The minimum Gasteiger partial charge on any atom is -0.398 e. The van der Waals surface area contributed by atoms with Crippen molar-refractivity contribution in [2.24, 2.45) is 0 Å². The molecule has 0 radical (unpaired) electrons. The van der Waals surface area contributed by atoms with E-state index >= 15 is 0 Å². The molecule has 1 unspecified atom stereocenters. The first-order valence-electron chi connectivity index (χ1n) is 5.08. The van der Waals surface area contributed by atoms with Crippen molar-refractivity contribution in [2.45, 2.75) is 11.0 Å². The summed E-state index contributed by atoms with van der Waals surface area (Å²) in [6.07, 6.45) is -0.891. The molecule has 0 amide bonds. The van der Waals surface area contributed by atoms with Gasteiger partial charge in [-0.2, -0.15) is 0 Å². The Kier molecular flexibility index (Phi) is 5.54. The SMILES string of the molecule is COCC(O)CNS(=O)(=O)c1ccc(Br)c(N)c1. The van der Waals surface area contributed by atoms with Crippen LogP contribution in [0, 0.1) is 0 Å². The Bertz CT molecular complexity index is 507. The van der Waals surface area contributed by atoms with Gasteiger partial charge in [0.15, 0.2) is 0 Å². The smallest absolute Gasteiger partial charge is 0.240 e. The van der Waals surface area contributed by atoms with E-state index in [1.54, 1.807) is 6.07 Å². The van der Waals surface area contributed by atoms with E-state index in [2.05, 4.69) is 20.7 Å². The molecule has 8 heteroatoms. The molecule has 0 aliphatic rings. The van der Waals surface area contributed by atoms with Crippen molar-refractivity contribution in [3.63, 3.8) is 0 Å². The normalized spacial score (nSPS) is 13.5. The quantitative estimate of drug-likeness (QED) is 0.648. The third-order valence-electron chi connectivity index (χ3n) is 2.15. The highest BCUT2D eigenvalue weighted by Crippen LogP contribution is 2.22. The zero-order valence-corrected chi connectivity index (χ0v) is 12.2. The van der Waals surface area contributed by atoms with Crippen molar-refractivity contribution in [3.8, 4) is 0 Å².